The summed E-state index contributed by atoms with van der Waals surface area (Å²) >= 11 is 0. The topological polar surface area (TPSA) is 3.24 Å². The molecule has 3 rings (SSSR count). The van der Waals surface area contributed by atoms with E-state index >= 15 is 0 Å². The van der Waals surface area contributed by atoms with Gasteiger partial charge in [0.15, 0.2) is 0 Å². The second kappa shape index (κ2) is 7.22. The Morgan fingerprint density at radius 1 is 1.16 bits per heavy atom. The molecular weight excluding hydrogens is 302 g/mol. The Balaban J connectivity index is 1.90. The Hall–Kier alpha value is -0.560. The minimum absolute atomic E-state index is 0.489. The standard InChI is InChI=1S/C24H41N/c1-7-25(8-2)17-23(5)14-9-15-24(6)21-12-10-19(18(3)4)16-20(21)11-13-22(23)24/h11,16,18,21-22H,7-10,12-15,17H2,1-6H3/t21?,22?,23-,24-/m0/s1. The molecule has 0 spiro atoms. The van der Waals surface area contributed by atoms with Gasteiger partial charge in [0.25, 0.3) is 0 Å². The van der Waals surface area contributed by atoms with Crippen molar-refractivity contribution in [2.24, 2.45) is 28.6 Å². The summed E-state index contributed by atoms with van der Waals surface area (Å²) in [6.45, 7) is 18.3. The van der Waals surface area contributed by atoms with Crippen LogP contribution in [-0.4, -0.2) is 24.5 Å². The van der Waals surface area contributed by atoms with Crippen LogP contribution in [0.4, 0.5) is 0 Å². The molecule has 4 atom stereocenters. The van der Waals surface area contributed by atoms with E-state index in [0.717, 1.165) is 11.8 Å². The Morgan fingerprint density at radius 2 is 1.88 bits per heavy atom. The van der Waals surface area contributed by atoms with Crippen LogP contribution in [0.1, 0.15) is 80.1 Å². The van der Waals surface area contributed by atoms with Crippen LogP contribution in [0.25, 0.3) is 0 Å². The van der Waals surface area contributed by atoms with Gasteiger partial charge in [-0.3, -0.25) is 0 Å². The summed E-state index contributed by atoms with van der Waals surface area (Å²) in [6, 6.07) is 0. The Kier molecular flexibility index (Phi) is 5.55. The summed E-state index contributed by atoms with van der Waals surface area (Å²) in [4.78, 5) is 2.67. The molecule has 0 aromatic rings. The quantitative estimate of drug-likeness (QED) is 0.553. The second-order valence-corrected chi connectivity index (χ2v) is 9.93. The first-order valence-corrected chi connectivity index (χ1v) is 11.0. The number of allylic oxidation sites excluding steroid dienone is 4. The Bertz CT molecular complexity index is 538. The third-order valence-electron chi connectivity index (χ3n) is 8.18. The lowest BCUT2D eigenvalue weighted by molar-refractivity contribution is -0.0628. The van der Waals surface area contributed by atoms with Gasteiger partial charge < -0.3 is 4.90 Å². The van der Waals surface area contributed by atoms with Gasteiger partial charge in [-0.1, -0.05) is 65.7 Å². The first kappa shape index (κ1) is 19.2. The van der Waals surface area contributed by atoms with E-state index in [-0.39, 0.29) is 0 Å². The van der Waals surface area contributed by atoms with Gasteiger partial charge >= 0.3 is 0 Å². The van der Waals surface area contributed by atoms with Gasteiger partial charge in [-0.15, -0.1) is 0 Å². The maximum absolute atomic E-state index is 2.67. The number of fused-ring (bicyclic) bond motifs is 3. The maximum atomic E-state index is 2.67. The van der Waals surface area contributed by atoms with E-state index in [9.17, 15) is 0 Å². The third-order valence-corrected chi connectivity index (χ3v) is 8.18. The molecule has 2 unspecified atom stereocenters. The first-order valence-electron chi connectivity index (χ1n) is 11.0. The summed E-state index contributed by atoms with van der Waals surface area (Å²) in [7, 11) is 0. The lowest BCUT2D eigenvalue weighted by atomic mass is 9.47. The lowest BCUT2D eigenvalue weighted by Gasteiger charge is -2.59. The summed E-state index contributed by atoms with van der Waals surface area (Å²) in [6.07, 6.45) is 13.6. The third kappa shape index (κ3) is 3.38. The van der Waals surface area contributed by atoms with Crippen LogP contribution < -0.4 is 0 Å². The molecule has 1 heteroatoms. The average Bonchev–Trinajstić information content (AvgIpc) is 2.59. The number of hydrogen-bond donors (Lipinski definition) is 0. The highest BCUT2D eigenvalue weighted by molar-refractivity contribution is 5.35. The molecule has 3 aliphatic rings. The SMILES string of the molecule is CCN(CC)C[C@]1(C)CCC[C@@]2(C)C3CCC(C(C)C)=CC3=CCC12. The normalized spacial score (nSPS) is 38.2. The molecule has 0 radical (unpaired) electrons. The summed E-state index contributed by atoms with van der Waals surface area (Å²) in [5.41, 5.74) is 4.39. The molecule has 0 aromatic heterocycles. The van der Waals surface area contributed by atoms with E-state index in [4.69, 9.17) is 0 Å². The smallest absolute Gasteiger partial charge is 0.00381 e. The fraction of sp³-hybridized carbons (Fsp3) is 0.833. The van der Waals surface area contributed by atoms with Crippen molar-refractivity contribution in [2.45, 2.75) is 80.1 Å². The molecule has 1 fully saturated rings. The van der Waals surface area contributed by atoms with Crippen molar-refractivity contribution < 1.29 is 0 Å². The highest BCUT2D eigenvalue weighted by Crippen LogP contribution is 2.62. The fourth-order valence-corrected chi connectivity index (χ4v) is 6.62. The van der Waals surface area contributed by atoms with Crippen molar-refractivity contribution in [2.75, 3.05) is 19.6 Å². The summed E-state index contributed by atoms with van der Waals surface area (Å²) < 4.78 is 0. The molecule has 1 nitrogen and oxygen atoms in total. The molecule has 0 aliphatic heterocycles. The zero-order valence-electron chi connectivity index (χ0n) is 17.7. The number of nitrogens with zero attached hydrogens (tertiary/aromatic N) is 1. The molecule has 0 aromatic carbocycles. The predicted molar refractivity (Wildman–Crippen MR) is 110 cm³/mol. The fourth-order valence-electron chi connectivity index (χ4n) is 6.62. The molecular formula is C24H41N. The van der Waals surface area contributed by atoms with Gasteiger partial charge in [0.1, 0.15) is 0 Å². The zero-order valence-corrected chi connectivity index (χ0v) is 17.7. The van der Waals surface area contributed by atoms with Gasteiger partial charge in [0.05, 0.1) is 0 Å². The highest BCUT2D eigenvalue weighted by Gasteiger charge is 2.54. The van der Waals surface area contributed by atoms with Crippen molar-refractivity contribution in [3.05, 3.63) is 23.3 Å². The molecule has 25 heavy (non-hydrogen) atoms. The molecule has 0 heterocycles. The van der Waals surface area contributed by atoms with Crippen LogP contribution in [0.3, 0.4) is 0 Å². The Labute approximate surface area is 156 Å². The van der Waals surface area contributed by atoms with Crippen LogP contribution in [0, 0.1) is 28.6 Å². The van der Waals surface area contributed by atoms with Gasteiger partial charge in [-0.2, -0.15) is 0 Å². The van der Waals surface area contributed by atoms with Gasteiger partial charge in [0.2, 0.25) is 0 Å². The number of hydrogen-bond acceptors (Lipinski definition) is 1. The van der Waals surface area contributed by atoms with Crippen molar-refractivity contribution >= 4 is 0 Å². The second-order valence-electron chi connectivity index (χ2n) is 9.93. The van der Waals surface area contributed by atoms with Crippen molar-refractivity contribution in [1.82, 2.24) is 4.90 Å². The van der Waals surface area contributed by atoms with Crippen molar-refractivity contribution in [1.29, 1.82) is 0 Å². The van der Waals surface area contributed by atoms with Crippen LogP contribution >= 0.6 is 0 Å². The lowest BCUT2D eigenvalue weighted by Crippen LogP contribution is -2.53. The summed E-state index contributed by atoms with van der Waals surface area (Å²) in [5, 5.41) is 0. The Morgan fingerprint density at radius 3 is 2.52 bits per heavy atom. The number of rotatable bonds is 5. The highest BCUT2D eigenvalue weighted by atomic mass is 15.1. The van der Waals surface area contributed by atoms with Crippen LogP contribution in [0.2, 0.25) is 0 Å². The minimum Gasteiger partial charge on any atom is -0.303 e. The summed E-state index contributed by atoms with van der Waals surface area (Å²) in [5.74, 6) is 2.38. The van der Waals surface area contributed by atoms with E-state index in [2.05, 4.69) is 58.6 Å². The average molecular weight is 344 g/mol. The first-order chi connectivity index (χ1) is 11.8. The van der Waals surface area contributed by atoms with E-state index in [0.29, 0.717) is 16.7 Å². The van der Waals surface area contributed by atoms with Crippen LogP contribution in [0.15, 0.2) is 23.3 Å². The van der Waals surface area contributed by atoms with Crippen molar-refractivity contribution in [3.8, 4) is 0 Å². The largest absolute Gasteiger partial charge is 0.303 e. The van der Waals surface area contributed by atoms with Crippen molar-refractivity contribution in [3.63, 3.8) is 0 Å². The van der Waals surface area contributed by atoms with Crippen LogP contribution in [-0.2, 0) is 0 Å². The molecule has 0 amide bonds. The van der Waals surface area contributed by atoms with E-state index in [1.54, 1.807) is 11.1 Å². The van der Waals surface area contributed by atoms with Gasteiger partial charge in [-0.05, 0) is 79.4 Å². The molecule has 3 aliphatic carbocycles. The molecule has 0 saturated heterocycles. The zero-order chi connectivity index (χ0) is 18.2. The monoisotopic (exact) mass is 343 g/mol. The minimum atomic E-state index is 0.489. The van der Waals surface area contributed by atoms with E-state index in [1.807, 2.05) is 0 Å². The molecule has 0 N–H and O–H groups in total. The predicted octanol–water partition coefficient (Wildman–Crippen LogP) is 6.46. The maximum Gasteiger partial charge on any atom is 0.00381 e. The molecule has 142 valence electrons. The van der Waals surface area contributed by atoms with Gasteiger partial charge in [-0.25, -0.2) is 0 Å². The molecule has 1 saturated carbocycles. The molecule has 0 bridgehead atoms. The van der Waals surface area contributed by atoms with E-state index in [1.165, 1.54) is 58.2 Å². The van der Waals surface area contributed by atoms with Gasteiger partial charge in [0, 0.05) is 6.54 Å². The van der Waals surface area contributed by atoms with Crippen LogP contribution in [0.5, 0.6) is 0 Å². The van der Waals surface area contributed by atoms with E-state index < -0.39 is 0 Å².